The number of nitrogens with zero attached hydrogens (tertiary/aromatic N) is 1. The fourth-order valence-electron chi connectivity index (χ4n) is 2.79. The summed E-state index contributed by atoms with van der Waals surface area (Å²) in [6, 6.07) is 7.93. The molecule has 0 bridgehead atoms. The van der Waals surface area contributed by atoms with Crippen molar-refractivity contribution in [2.75, 3.05) is 6.54 Å². The van der Waals surface area contributed by atoms with Gasteiger partial charge in [0.15, 0.2) is 0 Å². The quantitative estimate of drug-likeness (QED) is 0.430. The minimum Gasteiger partial charge on any atom is -0.485 e. The van der Waals surface area contributed by atoms with Gasteiger partial charge in [-0.25, -0.2) is 0 Å². The van der Waals surface area contributed by atoms with Gasteiger partial charge in [-0.15, -0.1) is 0 Å². The number of carbonyl (C=O) groups is 1. The molecule has 2 heterocycles. The number of benzene rings is 1. The summed E-state index contributed by atoms with van der Waals surface area (Å²) in [6.45, 7) is 4.86. The molecule has 1 atom stereocenters. The molecule has 1 aromatic carbocycles. The Kier molecular flexibility index (Phi) is 5.41. The van der Waals surface area contributed by atoms with E-state index in [4.69, 9.17) is 17.0 Å². The summed E-state index contributed by atoms with van der Waals surface area (Å²) in [5.41, 5.74) is 2.04. The van der Waals surface area contributed by atoms with Gasteiger partial charge < -0.3 is 4.74 Å². The first-order valence-corrected chi connectivity index (χ1v) is 9.55. The highest BCUT2D eigenvalue weighted by Crippen LogP contribution is 2.35. The van der Waals surface area contributed by atoms with Gasteiger partial charge >= 0.3 is 0 Å². The van der Waals surface area contributed by atoms with Crippen molar-refractivity contribution >= 4 is 40.3 Å². The van der Waals surface area contributed by atoms with Crippen molar-refractivity contribution < 1.29 is 9.53 Å². The van der Waals surface area contributed by atoms with Crippen molar-refractivity contribution in [2.45, 2.75) is 39.2 Å². The number of carbonyl (C=O) groups excluding carboxylic acids is 1. The number of ether oxygens (including phenoxy) is 1. The molecule has 1 saturated heterocycles. The van der Waals surface area contributed by atoms with Gasteiger partial charge in [-0.1, -0.05) is 61.9 Å². The summed E-state index contributed by atoms with van der Waals surface area (Å²) in [6.07, 6.45) is 7.18. The molecule has 0 aliphatic carbocycles. The zero-order valence-electron chi connectivity index (χ0n) is 14.0. The molecule has 1 amide bonds. The number of amides is 1. The summed E-state index contributed by atoms with van der Waals surface area (Å²) in [5, 5.41) is 0. The summed E-state index contributed by atoms with van der Waals surface area (Å²) in [7, 11) is 0. The zero-order chi connectivity index (χ0) is 17.1. The smallest absolute Gasteiger partial charge is 0.266 e. The largest absolute Gasteiger partial charge is 0.485 e. The molecule has 1 fully saturated rings. The van der Waals surface area contributed by atoms with Crippen LogP contribution in [0, 0.1) is 0 Å². The van der Waals surface area contributed by atoms with Crippen LogP contribution in [0.5, 0.6) is 5.75 Å². The van der Waals surface area contributed by atoms with Crippen LogP contribution in [0.25, 0.3) is 6.08 Å². The van der Waals surface area contributed by atoms with E-state index in [2.05, 4.69) is 13.0 Å². The predicted octanol–water partition coefficient (Wildman–Crippen LogP) is 4.79. The highest BCUT2D eigenvalue weighted by molar-refractivity contribution is 8.26. The van der Waals surface area contributed by atoms with E-state index >= 15 is 0 Å². The fraction of sp³-hybridized carbons (Fsp3) is 0.368. The second-order valence-electron chi connectivity index (χ2n) is 5.98. The average molecular weight is 360 g/mol. The van der Waals surface area contributed by atoms with Crippen LogP contribution >= 0.6 is 24.0 Å². The van der Waals surface area contributed by atoms with Crippen molar-refractivity contribution in [1.82, 2.24) is 4.90 Å². The maximum absolute atomic E-state index is 12.6. The van der Waals surface area contributed by atoms with Gasteiger partial charge in [-0.2, -0.15) is 0 Å². The van der Waals surface area contributed by atoms with Crippen molar-refractivity contribution in [1.29, 1.82) is 0 Å². The molecule has 1 unspecified atom stereocenters. The maximum atomic E-state index is 12.6. The van der Waals surface area contributed by atoms with Crippen molar-refractivity contribution in [2.24, 2.45) is 0 Å². The molecule has 3 nitrogen and oxygen atoms in total. The van der Waals surface area contributed by atoms with Gasteiger partial charge in [-0.3, -0.25) is 9.69 Å². The van der Waals surface area contributed by atoms with E-state index in [0.29, 0.717) is 15.8 Å². The third-order valence-corrected chi connectivity index (χ3v) is 5.55. The van der Waals surface area contributed by atoms with Crippen LogP contribution in [0.3, 0.4) is 0 Å². The van der Waals surface area contributed by atoms with Gasteiger partial charge in [0.2, 0.25) is 0 Å². The number of fused-ring (bicyclic) bond motifs is 1. The SMILES string of the molecule is CCCCCN1C(=O)/C(=C/C2=Cc3ccccc3OC2C)SC1=S. The first kappa shape index (κ1) is 17.2. The molecule has 1 aromatic rings. The number of rotatable bonds is 5. The lowest BCUT2D eigenvalue weighted by molar-refractivity contribution is -0.122. The van der Waals surface area contributed by atoms with Gasteiger partial charge in [0.25, 0.3) is 5.91 Å². The number of unbranched alkanes of at least 4 members (excludes halogenated alkanes) is 2. The topological polar surface area (TPSA) is 29.5 Å². The number of thiocarbonyl (C=S) groups is 1. The average Bonchev–Trinajstić information content (AvgIpc) is 2.83. The molecule has 3 rings (SSSR count). The predicted molar refractivity (Wildman–Crippen MR) is 104 cm³/mol. The first-order valence-electron chi connectivity index (χ1n) is 8.32. The minimum absolute atomic E-state index is 0.0214. The van der Waals surface area contributed by atoms with Gasteiger partial charge in [0, 0.05) is 12.1 Å². The number of hydrogen-bond donors (Lipinski definition) is 0. The molecule has 0 aromatic heterocycles. The summed E-state index contributed by atoms with van der Waals surface area (Å²) in [5.74, 6) is 0.905. The first-order chi connectivity index (χ1) is 11.6. The van der Waals surface area contributed by atoms with E-state index in [0.717, 1.165) is 36.1 Å². The molecular weight excluding hydrogens is 338 g/mol. The Labute approximate surface area is 152 Å². The molecule has 0 saturated carbocycles. The normalized spacial score (nSPS) is 21.8. The van der Waals surface area contributed by atoms with Crippen LogP contribution in [0.1, 0.15) is 38.7 Å². The third kappa shape index (κ3) is 3.57. The molecule has 24 heavy (non-hydrogen) atoms. The highest BCUT2D eigenvalue weighted by Gasteiger charge is 2.32. The van der Waals surface area contributed by atoms with Crippen LogP contribution < -0.4 is 4.74 Å². The van der Waals surface area contributed by atoms with Crippen molar-refractivity contribution in [3.8, 4) is 5.75 Å². The summed E-state index contributed by atoms with van der Waals surface area (Å²) < 4.78 is 6.60. The van der Waals surface area contributed by atoms with Crippen molar-refractivity contribution in [3.05, 3.63) is 46.4 Å². The standard InChI is InChI=1S/C19H21NO2S2/c1-3-4-7-10-20-18(21)17(24-19(20)23)12-15-11-14-8-5-6-9-16(14)22-13(15)2/h5-6,8-9,11-13H,3-4,7,10H2,1-2H3/b17-12-. The second-order valence-corrected chi connectivity index (χ2v) is 7.66. The Balaban J connectivity index is 1.80. The van der Waals surface area contributed by atoms with E-state index in [9.17, 15) is 4.79 Å². The van der Waals surface area contributed by atoms with Crippen LogP contribution in [-0.4, -0.2) is 27.8 Å². The monoisotopic (exact) mass is 359 g/mol. The zero-order valence-corrected chi connectivity index (χ0v) is 15.6. The Morgan fingerprint density at radius 2 is 2.12 bits per heavy atom. The fourth-order valence-corrected chi connectivity index (χ4v) is 4.09. The van der Waals surface area contributed by atoms with Crippen molar-refractivity contribution in [3.63, 3.8) is 0 Å². The van der Waals surface area contributed by atoms with E-state index in [-0.39, 0.29) is 12.0 Å². The van der Waals surface area contributed by atoms with Gasteiger partial charge in [-0.05, 0) is 37.1 Å². The number of thioether (sulfide) groups is 1. The van der Waals surface area contributed by atoms with Crippen LogP contribution in [0.4, 0.5) is 0 Å². The highest BCUT2D eigenvalue weighted by atomic mass is 32.2. The molecule has 5 heteroatoms. The summed E-state index contributed by atoms with van der Waals surface area (Å²) in [4.78, 5) is 15.0. The van der Waals surface area contributed by atoms with Crippen LogP contribution in [0.15, 0.2) is 40.8 Å². The molecule has 0 N–H and O–H groups in total. The Hall–Kier alpha value is -1.59. The van der Waals surface area contributed by atoms with E-state index < -0.39 is 0 Å². The molecule has 0 radical (unpaired) electrons. The lowest BCUT2D eigenvalue weighted by Gasteiger charge is -2.23. The Morgan fingerprint density at radius 1 is 1.33 bits per heavy atom. The van der Waals surface area contributed by atoms with Gasteiger partial charge in [0.05, 0.1) is 4.91 Å². The lowest BCUT2D eigenvalue weighted by atomic mass is 10.0. The number of hydrogen-bond acceptors (Lipinski definition) is 4. The summed E-state index contributed by atoms with van der Waals surface area (Å²) >= 11 is 6.77. The molecule has 2 aliphatic rings. The third-order valence-electron chi connectivity index (χ3n) is 4.17. The van der Waals surface area contributed by atoms with Crippen LogP contribution in [0.2, 0.25) is 0 Å². The Bertz CT molecular complexity index is 724. The minimum atomic E-state index is -0.0801. The maximum Gasteiger partial charge on any atom is 0.266 e. The van der Waals surface area contributed by atoms with E-state index in [1.165, 1.54) is 11.8 Å². The van der Waals surface area contributed by atoms with E-state index in [1.54, 1.807) is 4.90 Å². The second kappa shape index (κ2) is 7.53. The molecule has 2 aliphatic heterocycles. The lowest BCUT2D eigenvalue weighted by Crippen LogP contribution is -2.29. The Morgan fingerprint density at radius 3 is 2.92 bits per heavy atom. The van der Waals surface area contributed by atoms with Gasteiger partial charge in [0.1, 0.15) is 16.2 Å². The van der Waals surface area contributed by atoms with E-state index in [1.807, 2.05) is 37.3 Å². The molecule has 0 spiro atoms. The molecule has 126 valence electrons. The number of para-hydroxylation sites is 1. The van der Waals surface area contributed by atoms with Crippen LogP contribution in [-0.2, 0) is 4.79 Å². The molecular formula is C19H21NO2S2.